The molecule has 0 unspecified atom stereocenters. The number of aromatic nitrogens is 1. The van der Waals surface area contributed by atoms with Gasteiger partial charge in [-0.1, -0.05) is 6.08 Å². The van der Waals surface area contributed by atoms with Crippen LogP contribution < -0.4 is 9.47 Å². The largest absolute Gasteiger partial charge is 0.502 e. The molecule has 0 aliphatic carbocycles. The predicted molar refractivity (Wildman–Crippen MR) is 97.6 cm³/mol. The van der Waals surface area contributed by atoms with E-state index in [1.165, 1.54) is 37.7 Å². The summed E-state index contributed by atoms with van der Waals surface area (Å²) >= 11 is 1.49. The number of benzene rings is 2. The van der Waals surface area contributed by atoms with E-state index in [0.29, 0.717) is 11.5 Å². The highest BCUT2D eigenvalue weighted by Gasteiger charge is 2.10. The second-order valence-corrected chi connectivity index (χ2v) is 6.07. The first-order chi connectivity index (χ1) is 12.1. The molecule has 0 aliphatic rings. The molecule has 4 nitrogen and oxygen atoms in total. The van der Waals surface area contributed by atoms with E-state index in [0.717, 1.165) is 21.8 Å². The minimum atomic E-state index is -0.269. The van der Waals surface area contributed by atoms with Crippen molar-refractivity contribution < 1.29 is 19.0 Å². The van der Waals surface area contributed by atoms with Crippen LogP contribution in [0.2, 0.25) is 0 Å². The maximum atomic E-state index is 13.0. The average molecular weight is 357 g/mol. The second-order valence-electron chi connectivity index (χ2n) is 5.19. The van der Waals surface area contributed by atoms with Gasteiger partial charge in [-0.15, -0.1) is 11.3 Å². The summed E-state index contributed by atoms with van der Waals surface area (Å²) in [5, 5.41) is 12.7. The summed E-state index contributed by atoms with van der Waals surface area (Å²) in [7, 11) is 2.97. The Morgan fingerprint density at radius 2 is 1.68 bits per heavy atom. The van der Waals surface area contributed by atoms with Crippen molar-refractivity contribution in [3.05, 3.63) is 58.2 Å². The number of halogens is 1. The molecule has 0 saturated carbocycles. The van der Waals surface area contributed by atoms with Crippen LogP contribution in [0.1, 0.15) is 10.6 Å². The highest BCUT2D eigenvalue weighted by molar-refractivity contribution is 7.10. The minimum Gasteiger partial charge on any atom is -0.502 e. The maximum absolute atomic E-state index is 13.0. The van der Waals surface area contributed by atoms with Crippen LogP contribution in [-0.4, -0.2) is 24.3 Å². The first kappa shape index (κ1) is 17.0. The number of hydrogen-bond acceptors (Lipinski definition) is 5. The van der Waals surface area contributed by atoms with E-state index >= 15 is 0 Å². The summed E-state index contributed by atoms with van der Waals surface area (Å²) < 4.78 is 23.3. The molecule has 0 spiro atoms. The van der Waals surface area contributed by atoms with E-state index in [4.69, 9.17) is 9.47 Å². The second kappa shape index (κ2) is 7.36. The minimum absolute atomic E-state index is 0.0324. The quantitative estimate of drug-likeness (QED) is 0.710. The van der Waals surface area contributed by atoms with Crippen molar-refractivity contribution in [2.24, 2.45) is 0 Å². The van der Waals surface area contributed by atoms with Crippen LogP contribution in [0, 0.1) is 5.82 Å². The van der Waals surface area contributed by atoms with Gasteiger partial charge >= 0.3 is 0 Å². The summed E-state index contributed by atoms with van der Waals surface area (Å²) in [6.45, 7) is 0. The Kier molecular flexibility index (Phi) is 5.00. The Morgan fingerprint density at radius 1 is 1.04 bits per heavy atom. The van der Waals surface area contributed by atoms with Crippen molar-refractivity contribution >= 4 is 23.5 Å². The van der Waals surface area contributed by atoms with Crippen molar-refractivity contribution in [3.63, 3.8) is 0 Å². The highest BCUT2D eigenvalue weighted by Crippen LogP contribution is 2.37. The van der Waals surface area contributed by atoms with Crippen LogP contribution in [0.25, 0.3) is 23.4 Å². The van der Waals surface area contributed by atoms with Gasteiger partial charge < -0.3 is 14.6 Å². The van der Waals surface area contributed by atoms with Gasteiger partial charge in [0.1, 0.15) is 10.8 Å². The first-order valence-corrected chi connectivity index (χ1v) is 8.33. The van der Waals surface area contributed by atoms with E-state index in [9.17, 15) is 9.50 Å². The zero-order chi connectivity index (χ0) is 17.8. The molecule has 0 fully saturated rings. The fourth-order valence-electron chi connectivity index (χ4n) is 2.29. The topological polar surface area (TPSA) is 51.6 Å². The Balaban J connectivity index is 1.84. The molecule has 25 heavy (non-hydrogen) atoms. The van der Waals surface area contributed by atoms with Gasteiger partial charge in [-0.05, 0) is 48.0 Å². The van der Waals surface area contributed by atoms with Gasteiger partial charge in [0.25, 0.3) is 0 Å². The summed E-state index contributed by atoms with van der Waals surface area (Å²) in [5.74, 6) is 0.375. The van der Waals surface area contributed by atoms with Gasteiger partial charge in [0.15, 0.2) is 11.5 Å². The molecular formula is C19H16FNO3S. The molecule has 0 saturated heterocycles. The number of aromatic hydroxyl groups is 1. The van der Waals surface area contributed by atoms with Gasteiger partial charge in [-0.3, -0.25) is 0 Å². The third kappa shape index (κ3) is 3.80. The number of phenols is 1. The lowest BCUT2D eigenvalue weighted by atomic mass is 10.1. The molecule has 3 rings (SSSR count). The maximum Gasteiger partial charge on any atom is 0.200 e. The first-order valence-electron chi connectivity index (χ1n) is 7.45. The van der Waals surface area contributed by atoms with E-state index in [-0.39, 0.29) is 11.6 Å². The van der Waals surface area contributed by atoms with Gasteiger partial charge in [0.2, 0.25) is 5.75 Å². The molecule has 2 aromatic carbocycles. The van der Waals surface area contributed by atoms with Crippen LogP contribution >= 0.6 is 11.3 Å². The summed E-state index contributed by atoms with van der Waals surface area (Å²) in [4.78, 5) is 4.53. The van der Waals surface area contributed by atoms with E-state index < -0.39 is 0 Å². The smallest absolute Gasteiger partial charge is 0.200 e. The van der Waals surface area contributed by atoms with Crippen LogP contribution in [0.15, 0.2) is 41.8 Å². The molecule has 0 atom stereocenters. The Labute approximate surface area is 148 Å². The molecule has 0 amide bonds. The normalized spacial score (nSPS) is 11.0. The van der Waals surface area contributed by atoms with E-state index in [1.54, 1.807) is 24.3 Å². The van der Waals surface area contributed by atoms with Gasteiger partial charge in [0.05, 0.1) is 19.9 Å². The molecule has 1 N–H and O–H groups in total. The van der Waals surface area contributed by atoms with Crippen molar-refractivity contribution in [2.75, 3.05) is 14.2 Å². The summed E-state index contributed by atoms with van der Waals surface area (Å²) in [6, 6.07) is 9.66. The molecule has 128 valence electrons. The molecule has 6 heteroatoms. The number of phenolic OH excluding ortho intramolecular Hbond substituents is 1. The SMILES string of the molecule is COc1cc(C=Cc2nc(-c3ccc(F)cc3)cs2)cc(OC)c1O. The van der Waals surface area contributed by atoms with Crippen molar-refractivity contribution in [2.45, 2.75) is 0 Å². The number of nitrogens with zero attached hydrogens (tertiary/aromatic N) is 1. The average Bonchev–Trinajstić information content (AvgIpc) is 3.10. The lowest BCUT2D eigenvalue weighted by Crippen LogP contribution is -1.90. The third-order valence-corrected chi connectivity index (χ3v) is 4.39. The molecule has 1 aromatic heterocycles. The van der Waals surface area contributed by atoms with Gasteiger partial charge in [-0.25, -0.2) is 9.37 Å². The van der Waals surface area contributed by atoms with Crippen LogP contribution in [0.5, 0.6) is 17.2 Å². The number of ether oxygens (including phenoxy) is 2. The predicted octanol–water partition coefficient (Wildman–Crippen LogP) is 4.84. The van der Waals surface area contributed by atoms with Crippen LogP contribution in [0.3, 0.4) is 0 Å². The Bertz CT molecular complexity index is 878. The number of thiazole rings is 1. The number of methoxy groups -OCH3 is 2. The molecule has 0 bridgehead atoms. The lowest BCUT2D eigenvalue weighted by Gasteiger charge is -2.09. The van der Waals surface area contributed by atoms with Gasteiger partial charge in [0, 0.05) is 10.9 Å². The summed E-state index contributed by atoms with van der Waals surface area (Å²) in [5.41, 5.74) is 2.47. The van der Waals surface area contributed by atoms with Crippen molar-refractivity contribution in [1.29, 1.82) is 0 Å². The molecule has 3 aromatic rings. The fourth-order valence-corrected chi connectivity index (χ4v) is 3.01. The van der Waals surface area contributed by atoms with E-state index in [1.807, 2.05) is 17.5 Å². The zero-order valence-corrected chi connectivity index (χ0v) is 14.5. The van der Waals surface area contributed by atoms with Crippen molar-refractivity contribution in [1.82, 2.24) is 4.98 Å². The summed E-state index contributed by atoms with van der Waals surface area (Å²) in [6.07, 6.45) is 3.72. The molecular weight excluding hydrogens is 341 g/mol. The van der Waals surface area contributed by atoms with Crippen molar-refractivity contribution in [3.8, 4) is 28.5 Å². The Morgan fingerprint density at radius 3 is 2.28 bits per heavy atom. The fraction of sp³-hybridized carbons (Fsp3) is 0.105. The molecule has 0 aliphatic heterocycles. The lowest BCUT2D eigenvalue weighted by molar-refractivity contribution is 0.340. The Hall–Kier alpha value is -2.86. The number of rotatable bonds is 5. The molecule has 1 heterocycles. The monoisotopic (exact) mass is 357 g/mol. The highest BCUT2D eigenvalue weighted by atomic mass is 32.1. The molecule has 0 radical (unpaired) electrons. The zero-order valence-electron chi connectivity index (χ0n) is 13.7. The third-order valence-electron chi connectivity index (χ3n) is 3.58. The number of hydrogen-bond donors (Lipinski definition) is 1. The van der Waals surface area contributed by atoms with E-state index in [2.05, 4.69) is 4.98 Å². The van der Waals surface area contributed by atoms with Crippen LogP contribution in [0.4, 0.5) is 4.39 Å². The van der Waals surface area contributed by atoms with Gasteiger partial charge in [-0.2, -0.15) is 0 Å². The van der Waals surface area contributed by atoms with Crippen LogP contribution in [-0.2, 0) is 0 Å². The standard InChI is InChI=1S/C19H16FNO3S/c1-23-16-9-12(10-17(24-2)19(16)22)3-8-18-21-15(11-25-18)13-4-6-14(20)7-5-13/h3-11,22H,1-2H3.